The molecule has 10 heteroatoms. The molecule has 4 rings (SSSR count). The normalized spacial score (nSPS) is 14.2. The van der Waals surface area contributed by atoms with Crippen LogP contribution in [0.25, 0.3) is 0 Å². The van der Waals surface area contributed by atoms with Crippen molar-refractivity contribution in [1.29, 1.82) is 0 Å². The topological polar surface area (TPSA) is 96.5 Å². The Balaban J connectivity index is 1.42. The fourth-order valence-corrected chi connectivity index (χ4v) is 4.80. The lowest BCUT2D eigenvalue weighted by Gasteiger charge is -2.28. The predicted molar refractivity (Wildman–Crippen MR) is 127 cm³/mol. The molecular weight excluding hydrogens is 450 g/mol. The molecule has 0 saturated carbocycles. The first-order valence-electron chi connectivity index (χ1n) is 10.2. The second kappa shape index (κ2) is 9.72. The molecule has 1 aliphatic heterocycles. The molecule has 0 bridgehead atoms. The number of halogens is 1. The Hall–Kier alpha value is -2.88. The highest BCUT2D eigenvalue weighted by molar-refractivity contribution is 7.91. The van der Waals surface area contributed by atoms with Gasteiger partial charge < -0.3 is 15.0 Å². The summed E-state index contributed by atoms with van der Waals surface area (Å²) >= 11 is 5.94. The lowest BCUT2D eigenvalue weighted by Crippen LogP contribution is -2.36. The molecule has 2 aromatic carbocycles. The quantitative estimate of drug-likeness (QED) is 0.536. The van der Waals surface area contributed by atoms with Crippen molar-refractivity contribution in [3.63, 3.8) is 0 Å². The zero-order valence-corrected chi connectivity index (χ0v) is 19.2. The monoisotopic (exact) mass is 473 g/mol. The van der Waals surface area contributed by atoms with Gasteiger partial charge in [0.1, 0.15) is 17.5 Å². The molecule has 168 valence electrons. The summed E-state index contributed by atoms with van der Waals surface area (Å²) in [5.74, 6) is 2.04. The summed E-state index contributed by atoms with van der Waals surface area (Å²) < 4.78 is 33.0. The van der Waals surface area contributed by atoms with Crippen LogP contribution in [0.4, 0.5) is 23.0 Å². The third-order valence-electron chi connectivity index (χ3n) is 4.84. The maximum absolute atomic E-state index is 12.5. The lowest BCUT2D eigenvalue weighted by atomic mass is 10.2. The van der Waals surface area contributed by atoms with Crippen molar-refractivity contribution in [1.82, 2.24) is 9.97 Å². The molecule has 1 saturated heterocycles. The highest BCUT2D eigenvalue weighted by Gasteiger charge is 2.15. The van der Waals surface area contributed by atoms with Gasteiger partial charge in [0.25, 0.3) is 0 Å². The largest absolute Gasteiger partial charge is 0.378 e. The van der Waals surface area contributed by atoms with Crippen LogP contribution in [0.5, 0.6) is 0 Å². The van der Waals surface area contributed by atoms with Crippen LogP contribution in [-0.4, -0.2) is 44.7 Å². The molecule has 0 aliphatic carbocycles. The minimum atomic E-state index is -3.57. The summed E-state index contributed by atoms with van der Waals surface area (Å²) in [6.07, 6.45) is 0. The molecule has 2 N–H and O–H groups in total. The van der Waals surface area contributed by atoms with Crippen molar-refractivity contribution >= 4 is 44.6 Å². The van der Waals surface area contributed by atoms with Crippen molar-refractivity contribution < 1.29 is 13.2 Å². The molecule has 0 spiro atoms. The average molecular weight is 474 g/mol. The number of aryl methyl sites for hydroxylation is 1. The van der Waals surface area contributed by atoms with Crippen LogP contribution >= 0.6 is 11.6 Å². The van der Waals surface area contributed by atoms with Crippen LogP contribution in [0.15, 0.2) is 54.6 Å². The van der Waals surface area contributed by atoms with Crippen molar-refractivity contribution in [2.24, 2.45) is 0 Å². The Kier molecular flexibility index (Phi) is 6.78. The average Bonchev–Trinajstić information content (AvgIpc) is 2.75. The van der Waals surface area contributed by atoms with E-state index >= 15 is 0 Å². The Bertz CT molecular complexity index is 1180. The summed E-state index contributed by atoms with van der Waals surface area (Å²) in [5.41, 5.74) is 1.89. The highest BCUT2D eigenvalue weighted by Crippen LogP contribution is 2.23. The van der Waals surface area contributed by atoms with Crippen LogP contribution in [0.1, 0.15) is 11.4 Å². The molecule has 32 heavy (non-hydrogen) atoms. The SMILES string of the molecule is Cc1nc(Nc2ccc(NS(=O)(=O)Cc3cccc(Cl)c3)cc2)cc(N2CCOCC2)n1. The first-order chi connectivity index (χ1) is 15.4. The summed E-state index contributed by atoms with van der Waals surface area (Å²) in [7, 11) is -3.57. The number of ether oxygens (including phenoxy) is 1. The molecule has 8 nitrogen and oxygen atoms in total. The Labute approximate surface area is 192 Å². The van der Waals surface area contributed by atoms with E-state index in [4.69, 9.17) is 16.3 Å². The fraction of sp³-hybridized carbons (Fsp3) is 0.273. The predicted octanol–water partition coefficient (Wildman–Crippen LogP) is 3.96. The third-order valence-corrected chi connectivity index (χ3v) is 6.33. The molecule has 0 unspecified atom stereocenters. The smallest absolute Gasteiger partial charge is 0.236 e. The van der Waals surface area contributed by atoms with Crippen molar-refractivity contribution in [3.05, 3.63) is 71.0 Å². The van der Waals surface area contributed by atoms with Crippen LogP contribution < -0.4 is 14.9 Å². The minimum Gasteiger partial charge on any atom is -0.378 e. The molecule has 0 radical (unpaired) electrons. The Morgan fingerprint density at radius 3 is 2.47 bits per heavy atom. The fourth-order valence-electron chi connectivity index (χ4n) is 3.40. The van der Waals surface area contributed by atoms with Gasteiger partial charge in [0.15, 0.2) is 0 Å². The molecule has 1 aliphatic rings. The van der Waals surface area contributed by atoms with Gasteiger partial charge in [0.05, 0.1) is 19.0 Å². The zero-order valence-electron chi connectivity index (χ0n) is 17.6. The minimum absolute atomic E-state index is 0.155. The van der Waals surface area contributed by atoms with Gasteiger partial charge in [-0.2, -0.15) is 0 Å². The molecule has 0 atom stereocenters. The van der Waals surface area contributed by atoms with Gasteiger partial charge in [-0.1, -0.05) is 23.7 Å². The lowest BCUT2D eigenvalue weighted by molar-refractivity contribution is 0.122. The van der Waals surface area contributed by atoms with Gasteiger partial charge >= 0.3 is 0 Å². The number of aromatic nitrogens is 2. The van der Waals surface area contributed by atoms with E-state index in [1.165, 1.54) is 0 Å². The number of benzene rings is 2. The summed E-state index contributed by atoms with van der Waals surface area (Å²) in [6, 6.07) is 15.7. The maximum atomic E-state index is 12.5. The number of hydrogen-bond acceptors (Lipinski definition) is 7. The van der Waals surface area contributed by atoms with E-state index < -0.39 is 10.0 Å². The van der Waals surface area contributed by atoms with Gasteiger partial charge in [-0.25, -0.2) is 18.4 Å². The van der Waals surface area contributed by atoms with Gasteiger partial charge in [-0.3, -0.25) is 4.72 Å². The molecule has 2 heterocycles. The third kappa shape index (κ3) is 6.09. The van der Waals surface area contributed by atoms with Crippen LogP contribution in [-0.2, 0) is 20.5 Å². The number of hydrogen-bond donors (Lipinski definition) is 2. The van der Waals surface area contributed by atoms with E-state index in [1.807, 2.05) is 13.0 Å². The molecular formula is C22H24ClN5O3S. The number of morpholine rings is 1. The first kappa shape index (κ1) is 22.3. The van der Waals surface area contributed by atoms with Crippen LogP contribution in [0.3, 0.4) is 0 Å². The van der Waals surface area contributed by atoms with Crippen LogP contribution in [0.2, 0.25) is 5.02 Å². The van der Waals surface area contributed by atoms with Gasteiger partial charge in [0, 0.05) is 35.6 Å². The van der Waals surface area contributed by atoms with Crippen LogP contribution in [0, 0.1) is 6.92 Å². The number of anilines is 4. The van der Waals surface area contributed by atoms with E-state index in [0.717, 1.165) is 24.6 Å². The second-order valence-electron chi connectivity index (χ2n) is 7.45. The molecule has 1 fully saturated rings. The van der Waals surface area contributed by atoms with E-state index in [-0.39, 0.29) is 5.75 Å². The van der Waals surface area contributed by atoms with Gasteiger partial charge in [-0.05, 0) is 48.9 Å². The summed E-state index contributed by atoms with van der Waals surface area (Å²) in [6.45, 7) is 4.80. The van der Waals surface area contributed by atoms with E-state index in [1.54, 1.807) is 48.5 Å². The number of nitrogens with one attached hydrogen (secondary N) is 2. The number of nitrogens with zero attached hydrogens (tertiary/aromatic N) is 3. The van der Waals surface area contributed by atoms with Crippen molar-refractivity contribution in [2.45, 2.75) is 12.7 Å². The Morgan fingerprint density at radius 2 is 1.75 bits per heavy atom. The highest BCUT2D eigenvalue weighted by atomic mass is 35.5. The van der Waals surface area contributed by atoms with Crippen molar-refractivity contribution in [3.8, 4) is 0 Å². The standard InChI is InChI=1S/C22H24ClN5O3S/c1-16-24-21(14-22(25-16)28-9-11-31-12-10-28)26-19-5-7-20(8-6-19)27-32(29,30)15-17-3-2-4-18(23)13-17/h2-8,13-14,27H,9-12,15H2,1H3,(H,24,25,26). The maximum Gasteiger partial charge on any atom is 0.236 e. The summed E-state index contributed by atoms with van der Waals surface area (Å²) in [5, 5.41) is 3.76. The van der Waals surface area contributed by atoms with E-state index in [9.17, 15) is 8.42 Å². The first-order valence-corrected chi connectivity index (χ1v) is 12.2. The Morgan fingerprint density at radius 1 is 1.03 bits per heavy atom. The zero-order chi connectivity index (χ0) is 22.6. The van der Waals surface area contributed by atoms with Gasteiger partial charge in [0.2, 0.25) is 10.0 Å². The van der Waals surface area contributed by atoms with E-state index in [0.29, 0.717) is 41.1 Å². The molecule has 3 aromatic rings. The number of rotatable bonds is 7. The number of sulfonamides is 1. The molecule has 0 amide bonds. The van der Waals surface area contributed by atoms with E-state index in [2.05, 4.69) is 24.9 Å². The van der Waals surface area contributed by atoms with Crippen molar-refractivity contribution in [2.75, 3.05) is 41.2 Å². The summed E-state index contributed by atoms with van der Waals surface area (Å²) in [4.78, 5) is 11.2. The molecule has 1 aromatic heterocycles. The second-order valence-corrected chi connectivity index (χ2v) is 9.61. The van der Waals surface area contributed by atoms with Gasteiger partial charge in [-0.15, -0.1) is 0 Å².